The van der Waals surface area contributed by atoms with Gasteiger partial charge in [0.15, 0.2) is 0 Å². The van der Waals surface area contributed by atoms with Gasteiger partial charge in [0, 0.05) is 32.2 Å². The molecule has 1 saturated heterocycles. The molecule has 0 saturated carbocycles. The Morgan fingerprint density at radius 2 is 1.44 bits per heavy atom. The third-order valence-corrected chi connectivity index (χ3v) is 2.96. The molecule has 18 heavy (non-hydrogen) atoms. The first-order chi connectivity index (χ1) is 8.07. The van der Waals surface area contributed by atoms with E-state index in [4.69, 9.17) is 0 Å². The van der Waals surface area contributed by atoms with E-state index in [-0.39, 0.29) is 19.1 Å². The summed E-state index contributed by atoms with van der Waals surface area (Å²) in [6.07, 6.45) is -5.83. The molecule has 1 fully saturated rings. The Bertz CT molecular complexity index is 308. The molecule has 3 nitrogen and oxygen atoms in total. The third-order valence-electron chi connectivity index (χ3n) is 2.96. The Kier molecular flexibility index (Phi) is 4.19. The van der Waals surface area contributed by atoms with Gasteiger partial charge in [0.05, 0.1) is 0 Å². The lowest BCUT2D eigenvalue weighted by atomic mass is 10.2. The minimum Gasteiger partial charge on any atom is -0.335 e. The fourth-order valence-corrected chi connectivity index (χ4v) is 1.76. The summed E-state index contributed by atoms with van der Waals surface area (Å²) in [6, 6.07) is 0.172. The van der Waals surface area contributed by atoms with Crippen molar-refractivity contribution in [3.63, 3.8) is 0 Å². The molecular formula is C10H15F5N2O. The highest BCUT2D eigenvalue weighted by molar-refractivity contribution is 5.84. The molecule has 0 bridgehead atoms. The summed E-state index contributed by atoms with van der Waals surface area (Å²) in [4.78, 5) is 13.7. The van der Waals surface area contributed by atoms with Crippen LogP contribution in [0, 0.1) is 0 Å². The fraction of sp³-hybridized carbons (Fsp3) is 0.900. The molecule has 0 aliphatic carbocycles. The SMILES string of the molecule is CC(C)N1CCN(C(=O)C(F)(F)C(F)(F)F)CC1. The summed E-state index contributed by atoms with van der Waals surface area (Å²) in [7, 11) is 0. The van der Waals surface area contributed by atoms with Crippen LogP contribution in [-0.4, -0.2) is 60.0 Å². The summed E-state index contributed by atoms with van der Waals surface area (Å²) >= 11 is 0. The minimum atomic E-state index is -5.83. The molecule has 0 spiro atoms. The molecule has 0 aromatic heterocycles. The Morgan fingerprint density at radius 3 is 1.78 bits per heavy atom. The van der Waals surface area contributed by atoms with Crippen LogP contribution < -0.4 is 0 Å². The van der Waals surface area contributed by atoms with Crippen molar-refractivity contribution in [3.8, 4) is 0 Å². The molecule has 1 amide bonds. The summed E-state index contributed by atoms with van der Waals surface area (Å²) < 4.78 is 61.8. The van der Waals surface area contributed by atoms with Crippen LogP contribution in [0.2, 0.25) is 0 Å². The number of carbonyl (C=O) groups is 1. The van der Waals surface area contributed by atoms with Gasteiger partial charge in [0.1, 0.15) is 0 Å². The zero-order chi connectivity index (χ0) is 14.1. The molecule has 1 rings (SSSR count). The zero-order valence-electron chi connectivity index (χ0n) is 10.1. The quantitative estimate of drug-likeness (QED) is 0.716. The van der Waals surface area contributed by atoms with Gasteiger partial charge in [-0.1, -0.05) is 0 Å². The van der Waals surface area contributed by atoms with Crippen LogP contribution in [0.1, 0.15) is 13.8 Å². The van der Waals surface area contributed by atoms with E-state index in [2.05, 4.69) is 0 Å². The predicted molar refractivity (Wildman–Crippen MR) is 54.3 cm³/mol. The molecule has 106 valence electrons. The van der Waals surface area contributed by atoms with Crippen LogP contribution in [0.5, 0.6) is 0 Å². The molecule has 1 aliphatic rings. The van der Waals surface area contributed by atoms with Gasteiger partial charge in [-0.2, -0.15) is 22.0 Å². The van der Waals surface area contributed by atoms with Gasteiger partial charge in [-0.05, 0) is 13.8 Å². The maximum absolute atomic E-state index is 12.8. The number of amides is 1. The van der Waals surface area contributed by atoms with Gasteiger partial charge in [-0.3, -0.25) is 9.69 Å². The van der Waals surface area contributed by atoms with Crippen LogP contribution in [0.3, 0.4) is 0 Å². The lowest BCUT2D eigenvalue weighted by Crippen LogP contribution is -2.58. The average Bonchev–Trinajstić information content (AvgIpc) is 2.26. The van der Waals surface area contributed by atoms with Crippen molar-refractivity contribution in [1.82, 2.24) is 9.80 Å². The van der Waals surface area contributed by atoms with E-state index >= 15 is 0 Å². The van der Waals surface area contributed by atoms with E-state index in [1.807, 2.05) is 18.7 Å². The highest BCUT2D eigenvalue weighted by Gasteiger charge is 2.64. The second-order valence-electron chi connectivity index (χ2n) is 4.49. The monoisotopic (exact) mass is 274 g/mol. The third kappa shape index (κ3) is 2.90. The minimum absolute atomic E-state index is 0.108. The summed E-state index contributed by atoms with van der Waals surface area (Å²) in [5, 5.41) is 0. The van der Waals surface area contributed by atoms with E-state index in [0.717, 1.165) is 0 Å². The number of rotatable bonds is 2. The van der Waals surface area contributed by atoms with Crippen molar-refractivity contribution < 1.29 is 26.7 Å². The van der Waals surface area contributed by atoms with Crippen molar-refractivity contribution in [2.45, 2.75) is 32.0 Å². The lowest BCUT2D eigenvalue weighted by Gasteiger charge is -2.38. The number of halogens is 5. The van der Waals surface area contributed by atoms with Crippen LogP contribution in [0.4, 0.5) is 22.0 Å². The van der Waals surface area contributed by atoms with Gasteiger partial charge in [-0.15, -0.1) is 0 Å². The maximum atomic E-state index is 12.8. The largest absolute Gasteiger partial charge is 0.463 e. The van der Waals surface area contributed by atoms with Crippen LogP contribution in [0.15, 0.2) is 0 Å². The smallest absolute Gasteiger partial charge is 0.335 e. The number of piperazine rings is 1. The molecule has 0 unspecified atom stereocenters. The Morgan fingerprint density at radius 1 is 1.00 bits per heavy atom. The van der Waals surface area contributed by atoms with Gasteiger partial charge in [-0.25, -0.2) is 0 Å². The lowest BCUT2D eigenvalue weighted by molar-refractivity contribution is -0.274. The number of alkyl halides is 5. The van der Waals surface area contributed by atoms with Crippen molar-refractivity contribution in [2.75, 3.05) is 26.2 Å². The summed E-state index contributed by atoms with van der Waals surface area (Å²) in [5.41, 5.74) is 0. The number of nitrogens with zero attached hydrogens (tertiary/aromatic N) is 2. The molecule has 0 N–H and O–H groups in total. The van der Waals surface area contributed by atoms with E-state index in [9.17, 15) is 26.7 Å². The van der Waals surface area contributed by atoms with Crippen LogP contribution >= 0.6 is 0 Å². The first kappa shape index (κ1) is 15.1. The number of carbonyl (C=O) groups excluding carboxylic acids is 1. The molecule has 8 heteroatoms. The van der Waals surface area contributed by atoms with Crippen molar-refractivity contribution in [2.24, 2.45) is 0 Å². The zero-order valence-corrected chi connectivity index (χ0v) is 10.1. The average molecular weight is 274 g/mol. The van der Waals surface area contributed by atoms with Gasteiger partial charge in [0.25, 0.3) is 0 Å². The standard InChI is InChI=1S/C10H15F5N2O/c1-7(2)16-3-5-17(6-4-16)8(18)9(11,12)10(13,14)15/h7H,3-6H2,1-2H3. The molecule has 0 aromatic rings. The van der Waals surface area contributed by atoms with E-state index in [0.29, 0.717) is 18.0 Å². The Hall–Kier alpha value is -0.920. The topological polar surface area (TPSA) is 23.6 Å². The molecule has 0 radical (unpaired) electrons. The Labute approximate surface area is 102 Å². The van der Waals surface area contributed by atoms with E-state index in [1.54, 1.807) is 0 Å². The molecule has 0 aromatic carbocycles. The molecular weight excluding hydrogens is 259 g/mol. The second-order valence-corrected chi connectivity index (χ2v) is 4.49. The maximum Gasteiger partial charge on any atom is 0.463 e. The van der Waals surface area contributed by atoms with Crippen molar-refractivity contribution in [3.05, 3.63) is 0 Å². The number of hydrogen-bond donors (Lipinski definition) is 0. The molecule has 1 heterocycles. The van der Waals surface area contributed by atoms with E-state index in [1.165, 1.54) is 0 Å². The normalized spacial score (nSPS) is 19.4. The second kappa shape index (κ2) is 4.99. The predicted octanol–water partition coefficient (Wildman–Crippen LogP) is 1.74. The van der Waals surface area contributed by atoms with Crippen molar-refractivity contribution in [1.29, 1.82) is 0 Å². The van der Waals surface area contributed by atoms with Gasteiger partial charge < -0.3 is 4.90 Å². The van der Waals surface area contributed by atoms with Crippen LogP contribution in [0.25, 0.3) is 0 Å². The number of hydrogen-bond acceptors (Lipinski definition) is 2. The fourth-order valence-electron chi connectivity index (χ4n) is 1.76. The molecule has 0 atom stereocenters. The Balaban J connectivity index is 2.66. The highest BCUT2D eigenvalue weighted by atomic mass is 19.4. The van der Waals surface area contributed by atoms with Gasteiger partial charge >= 0.3 is 18.0 Å². The first-order valence-electron chi connectivity index (χ1n) is 5.55. The summed E-state index contributed by atoms with van der Waals surface area (Å²) in [6.45, 7) is 4.17. The van der Waals surface area contributed by atoms with Crippen LogP contribution in [-0.2, 0) is 4.79 Å². The highest BCUT2D eigenvalue weighted by Crippen LogP contribution is 2.37. The summed E-state index contributed by atoms with van der Waals surface area (Å²) in [5.74, 6) is -7.45. The van der Waals surface area contributed by atoms with Crippen molar-refractivity contribution >= 4 is 5.91 Å². The van der Waals surface area contributed by atoms with E-state index < -0.39 is 18.0 Å². The first-order valence-corrected chi connectivity index (χ1v) is 5.55. The molecule has 1 aliphatic heterocycles. The van der Waals surface area contributed by atoms with Gasteiger partial charge in [0.2, 0.25) is 0 Å².